The van der Waals surface area contributed by atoms with E-state index in [1.54, 1.807) is 20.8 Å². The molecule has 0 saturated carbocycles. The fourth-order valence-electron chi connectivity index (χ4n) is 1.96. The van der Waals surface area contributed by atoms with Crippen molar-refractivity contribution in [3.8, 4) is 0 Å². The Balaban J connectivity index is 2.16. The van der Waals surface area contributed by atoms with Gasteiger partial charge in [-0.3, -0.25) is 9.59 Å². The van der Waals surface area contributed by atoms with Gasteiger partial charge in [0.05, 0.1) is 12.7 Å². The topological polar surface area (TPSA) is 72.8 Å². The van der Waals surface area contributed by atoms with E-state index in [1.165, 1.54) is 0 Å². The Hall–Kier alpha value is -1.72. The summed E-state index contributed by atoms with van der Waals surface area (Å²) in [6.45, 7) is 6.06. The predicted octanol–water partition coefficient (Wildman–Crippen LogP) is 2.65. The Morgan fingerprint density at radius 2 is 1.83 bits per heavy atom. The molecule has 0 aromatic heterocycles. The molecule has 1 atom stereocenters. The van der Waals surface area contributed by atoms with Crippen molar-refractivity contribution in [3.63, 3.8) is 0 Å². The van der Waals surface area contributed by atoms with Crippen molar-refractivity contribution in [1.29, 1.82) is 0 Å². The van der Waals surface area contributed by atoms with Crippen molar-refractivity contribution in [2.75, 3.05) is 6.61 Å². The highest BCUT2D eigenvalue weighted by Crippen LogP contribution is 2.10. The van der Waals surface area contributed by atoms with Crippen LogP contribution in [0.1, 0.15) is 45.6 Å². The van der Waals surface area contributed by atoms with Crippen LogP contribution in [0.3, 0.4) is 0 Å². The third-order valence-electron chi connectivity index (χ3n) is 2.93. The molecule has 0 amide bonds. The minimum atomic E-state index is -0.805. The largest absolute Gasteiger partial charge is 0.460 e. The molecule has 0 spiro atoms. The van der Waals surface area contributed by atoms with Crippen LogP contribution in [0.2, 0.25) is 0 Å². The number of rotatable bonds is 9. The van der Waals surface area contributed by atoms with E-state index >= 15 is 0 Å². The molecule has 1 N–H and O–H groups in total. The fourth-order valence-corrected chi connectivity index (χ4v) is 1.96. The molecule has 5 nitrogen and oxygen atoms in total. The lowest BCUT2D eigenvalue weighted by Crippen LogP contribution is -2.26. The number of ketones is 1. The first-order chi connectivity index (χ1) is 10.8. The van der Waals surface area contributed by atoms with Gasteiger partial charge in [0.1, 0.15) is 17.8 Å². The van der Waals surface area contributed by atoms with E-state index in [4.69, 9.17) is 9.47 Å². The van der Waals surface area contributed by atoms with E-state index < -0.39 is 17.7 Å². The molecular weight excluding hydrogens is 296 g/mol. The van der Waals surface area contributed by atoms with Gasteiger partial charge < -0.3 is 14.6 Å². The zero-order valence-electron chi connectivity index (χ0n) is 14.1. The normalized spacial score (nSPS) is 12.7. The minimum absolute atomic E-state index is 0.0616. The molecule has 128 valence electrons. The van der Waals surface area contributed by atoms with Crippen molar-refractivity contribution in [3.05, 3.63) is 35.9 Å². The second kappa shape index (κ2) is 9.43. The van der Waals surface area contributed by atoms with E-state index in [2.05, 4.69) is 0 Å². The zero-order chi connectivity index (χ0) is 17.3. The number of carbonyl (C=O) groups excluding carboxylic acids is 2. The van der Waals surface area contributed by atoms with E-state index in [-0.39, 0.29) is 18.6 Å². The molecule has 1 aromatic rings. The van der Waals surface area contributed by atoms with Gasteiger partial charge in [-0.05, 0) is 32.8 Å². The molecule has 1 rings (SSSR count). The molecule has 0 heterocycles. The number of hydrogen-bond donors (Lipinski definition) is 1. The quantitative estimate of drug-likeness (QED) is 0.430. The van der Waals surface area contributed by atoms with Crippen LogP contribution >= 0.6 is 0 Å². The summed E-state index contributed by atoms with van der Waals surface area (Å²) >= 11 is 0. The molecular formula is C18H26O5. The van der Waals surface area contributed by atoms with Crippen LogP contribution in [0.4, 0.5) is 0 Å². The molecule has 0 aliphatic heterocycles. The maximum absolute atomic E-state index is 11.7. The zero-order valence-corrected chi connectivity index (χ0v) is 14.1. The summed E-state index contributed by atoms with van der Waals surface area (Å²) in [6, 6.07) is 9.72. The average molecular weight is 322 g/mol. The van der Waals surface area contributed by atoms with Gasteiger partial charge in [-0.25, -0.2) is 0 Å². The molecule has 23 heavy (non-hydrogen) atoms. The second-order valence-electron chi connectivity index (χ2n) is 6.49. The van der Waals surface area contributed by atoms with Crippen molar-refractivity contribution in [2.24, 2.45) is 0 Å². The summed E-state index contributed by atoms with van der Waals surface area (Å²) < 4.78 is 10.5. The van der Waals surface area contributed by atoms with E-state index in [9.17, 15) is 14.7 Å². The van der Waals surface area contributed by atoms with Gasteiger partial charge in [-0.1, -0.05) is 30.3 Å². The third-order valence-corrected chi connectivity index (χ3v) is 2.93. The summed E-state index contributed by atoms with van der Waals surface area (Å²) in [4.78, 5) is 23.2. The summed E-state index contributed by atoms with van der Waals surface area (Å²) in [5, 5.41) is 9.81. The highest BCUT2D eigenvalue weighted by Gasteiger charge is 2.20. The molecule has 0 aliphatic rings. The summed E-state index contributed by atoms with van der Waals surface area (Å²) in [5.41, 5.74) is 0.448. The van der Waals surface area contributed by atoms with Gasteiger partial charge in [0.15, 0.2) is 0 Å². The lowest BCUT2D eigenvalue weighted by atomic mass is 10.1. The summed E-state index contributed by atoms with van der Waals surface area (Å²) in [6.07, 6.45) is -0.819. The summed E-state index contributed by atoms with van der Waals surface area (Å²) in [5.74, 6) is -0.884. The first kappa shape index (κ1) is 19.3. The van der Waals surface area contributed by atoms with Crippen LogP contribution in [0.15, 0.2) is 30.3 Å². The number of benzene rings is 1. The van der Waals surface area contributed by atoms with Gasteiger partial charge >= 0.3 is 5.97 Å². The van der Waals surface area contributed by atoms with Crippen molar-refractivity contribution < 1.29 is 24.2 Å². The monoisotopic (exact) mass is 322 g/mol. The number of aliphatic hydroxyl groups is 1. The molecule has 0 unspecified atom stereocenters. The van der Waals surface area contributed by atoms with Gasteiger partial charge in [0.25, 0.3) is 0 Å². The molecule has 0 aliphatic carbocycles. The van der Waals surface area contributed by atoms with Gasteiger partial charge in [-0.15, -0.1) is 0 Å². The molecule has 0 saturated heterocycles. The number of ether oxygens (including phenoxy) is 2. The predicted molar refractivity (Wildman–Crippen MR) is 86.8 cm³/mol. The van der Waals surface area contributed by atoms with Crippen LogP contribution in [0.5, 0.6) is 0 Å². The van der Waals surface area contributed by atoms with Crippen LogP contribution in [-0.4, -0.2) is 35.2 Å². The standard InChI is InChI=1S/C18H26O5/c1-18(2,3)23-17(21)12-16(20)11-15(19)9-10-22-13-14-7-5-4-6-8-14/h4-8,15,19H,9-13H2,1-3H3/t15-/m1/s1. The fraction of sp³-hybridized carbons (Fsp3) is 0.556. The van der Waals surface area contributed by atoms with Crippen molar-refractivity contribution in [1.82, 2.24) is 0 Å². The first-order valence-corrected chi connectivity index (χ1v) is 7.79. The van der Waals surface area contributed by atoms with Crippen LogP contribution in [0.25, 0.3) is 0 Å². The SMILES string of the molecule is CC(C)(C)OC(=O)CC(=O)C[C@H](O)CCOCc1ccccc1. The highest BCUT2D eigenvalue weighted by molar-refractivity contribution is 5.95. The maximum Gasteiger partial charge on any atom is 0.313 e. The third kappa shape index (κ3) is 9.81. The van der Waals surface area contributed by atoms with Crippen LogP contribution in [0, 0.1) is 0 Å². The van der Waals surface area contributed by atoms with Crippen LogP contribution in [-0.2, 0) is 25.7 Å². The Kier molecular flexibility index (Phi) is 7.92. The molecule has 5 heteroatoms. The van der Waals surface area contributed by atoms with Gasteiger partial charge in [0, 0.05) is 13.0 Å². The summed E-state index contributed by atoms with van der Waals surface area (Å²) in [7, 11) is 0. The molecule has 0 radical (unpaired) electrons. The number of Topliss-reactive ketones (excluding diaryl/α,β-unsaturated/α-hetero) is 1. The lowest BCUT2D eigenvalue weighted by Gasteiger charge is -2.19. The minimum Gasteiger partial charge on any atom is -0.460 e. The number of esters is 1. The second-order valence-corrected chi connectivity index (χ2v) is 6.49. The Morgan fingerprint density at radius 1 is 1.17 bits per heavy atom. The van der Waals surface area contributed by atoms with Crippen molar-refractivity contribution in [2.45, 2.75) is 58.3 Å². The average Bonchev–Trinajstić information content (AvgIpc) is 2.42. The smallest absolute Gasteiger partial charge is 0.313 e. The number of hydrogen-bond acceptors (Lipinski definition) is 5. The highest BCUT2D eigenvalue weighted by atomic mass is 16.6. The van der Waals surface area contributed by atoms with E-state index in [0.717, 1.165) is 5.56 Å². The number of aliphatic hydroxyl groups excluding tert-OH is 1. The Morgan fingerprint density at radius 3 is 2.43 bits per heavy atom. The van der Waals surface area contributed by atoms with Gasteiger partial charge in [0.2, 0.25) is 0 Å². The lowest BCUT2D eigenvalue weighted by molar-refractivity contribution is -0.156. The Labute approximate surface area is 137 Å². The van der Waals surface area contributed by atoms with Gasteiger partial charge in [-0.2, -0.15) is 0 Å². The molecule has 0 fully saturated rings. The maximum atomic E-state index is 11.7. The number of carbonyl (C=O) groups is 2. The van der Waals surface area contributed by atoms with Crippen LogP contribution < -0.4 is 0 Å². The van der Waals surface area contributed by atoms with E-state index in [1.807, 2.05) is 30.3 Å². The molecule has 0 bridgehead atoms. The van der Waals surface area contributed by atoms with Crippen molar-refractivity contribution >= 4 is 11.8 Å². The van der Waals surface area contributed by atoms with E-state index in [0.29, 0.717) is 19.6 Å². The Bertz CT molecular complexity index is 490. The first-order valence-electron chi connectivity index (χ1n) is 7.79. The molecule has 1 aromatic carbocycles.